The molecular formula is C23H17FN4O. The lowest BCUT2D eigenvalue weighted by Crippen LogP contribution is -1.98. The van der Waals surface area contributed by atoms with Crippen LogP contribution in [0.25, 0.3) is 22.6 Å². The molecule has 5 nitrogen and oxygen atoms in total. The van der Waals surface area contributed by atoms with E-state index in [1.165, 1.54) is 12.1 Å². The van der Waals surface area contributed by atoms with Crippen molar-refractivity contribution in [2.45, 2.75) is 13.5 Å². The number of halogens is 1. The summed E-state index contributed by atoms with van der Waals surface area (Å²) in [6.45, 7) is 2.13. The molecule has 0 atom stereocenters. The number of aromatic amines is 1. The summed E-state index contributed by atoms with van der Waals surface area (Å²) in [4.78, 5) is 12.1. The summed E-state index contributed by atoms with van der Waals surface area (Å²) < 4.78 is 19.9. The van der Waals surface area contributed by atoms with Gasteiger partial charge in [-0.05, 0) is 36.8 Å². The normalized spacial score (nSPS) is 10.5. The van der Waals surface area contributed by atoms with Crippen molar-refractivity contribution in [3.8, 4) is 34.5 Å². The van der Waals surface area contributed by atoms with Crippen molar-refractivity contribution in [3.63, 3.8) is 0 Å². The SMILES string of the molecule is Cc1nc(-c2ccc(F)cc2OCc2ccccc2)c(-c2cc(C#N)ccn2)[nH]1. The molecule has 142 valence electrons. The molecule has 0 saturated carbocycles. The van der Waals surface area contributed by atoms with Gasteiger partial charge in [0.15, 0.2) is 0 Å². The second-order valence-corrected chi connectivity index (χ2v) is 6.50. The van der Waals surface area contributed by atoms with Crippen molar-refractivity contribution >= 4 is 0 Å². The van der Waals surface area contributed by atoms with Gasteiger partial charge in [0.1, 0.15) is 29.7 Å². The summed E-state index contributed by atoms with van der Waals surface area (Å²) in [5.41, 5.74) is 3.94. The highest BCUT2D eigenvalue weighted by molar-refractivity contribution is 5.80. The second kappa shape index (κ2) is 7.95. The minimum Gasteiger partial charge on any atom is -0.488 e. The highest BCUT2D eigenvalue weighted by Gasteiger charge is 2.18. The van der Waals surface area contributed by atoms with E-state index in [1.54, 1.807) is 24.4 Å². The number of nitrogens with zero attached hydrogens (tertiary/aromatic N) is 3. The van der Waals surface area contributed by atoms with Gasteiger partial charge in [-0.1, -0.05) is 30.3 Å². The topological polar surface area (TPSA) is 74.6 Å². The van der Waals surface area contributed by atoms with Crippen molar-refractivity contribution < 1.29 is 9.13 Å². The maximum Gasteiger partial charge on any atom is 0.132 e. The fraction of sp³-hybridized carbons (Fsp3) is 0.0870. The average molecular weight is 384 g/mol. The summed E-state index contributed by atoms with van der Waals surface area (Å²) in [6.07, 6.45) is 1.57. The van der Waals surface area contributed by atoms with E-state index in [1.807, 2.05) is 37.3 Å². The van der Waals surface area contributed by atoms with E-state index < -0.39 is 5.82 Å². The number of hydrogen-bond donors (Lipinski definition) is 1. The first-order chi connectivity index (χ1) is 14.1. The first kappa shape index (κ1) is 18.4. The Kier molecular flexibility index (Phi) is 5.04. The molecule has 0 amide bonds. The Labute approximate surface area is 167 Å². The molecule has 0 aliphatic rings. The third-order valence-electron chi connectivity index (χ3n) is 4.40. The summed E-state index contributed by atoms with van der Waals surface area (Å²) >= 11 is 0. The molecule has 2 aromatic carbocycles. The van der Waals surface area contributed by atoms with Gasteiger partial charge in [0, 0.05) is 17.8 Å². The van der Waals surface area contributed by atoms with Gasteiger partial charge >= 0.3 is 0 Å². The molecule has 4 rings (SSSR count). The van der Waals surface area contributed by atoms with Crippen LogP contribution in [0.15, 0.2) is 66.9 Å². The van der Waals surface area contributed by atoms with Crippen molar-refractivity contribution in [3.05, 3.63) is 89.6 Å². The average Bonchev–Trinajstić information content (AvgIpc) is 3.14. The lowest BCUT2D eigenvalue weighted by atomic mass is 10.1. The van der Waals surface area contributed by atoms with Crippen LogP contribution in [-0.4, -0.2) is 15.0 Å². The number of H-pyrrole nitrogens is 1. The number of rotatable bonds is 5. The Morgan fingerprint density at radius 1 is 1.10 bits per heavy atom. The predicted molar refractivity (Wildman–Crippen MR) is 107 cm³/mol. The number of aryl methyl sites for hydroxylation is 1. The number of pyridine rings is 1. The first-order valence-corrected chi connectivity index (χ1v) is 9.04. The van der Waals surface area contributed by atoms with Crippen LogP contribution < -0.4 is 4.74 Å². The van der Waals surface area contributed by atoms with Crippen molar-refractivity contribution in [2.75, 3.05) is 0 Å². The monoisotopic (exact) mass is 384 g/mol. The maximum absolute atomic E-state index is 14.0. The van der Waals surface area contributed by atoms with Gasteiger partial charge in [0.25, 0.3) is 0 Å². The third-order valence-corrected chi connectivity index (χ3v) is 4.40. The molecule has 0 aliphatic heterocycles. The molecule has 29 heavy (non-hydrogen) atoms. The predicted octanol–water partition coefficient (Wildman–Crippen LogP) is 5.04. The number of aromatic nitrogens is 3. The van der Waals surface area contributed by atoms with Crippen molar-refractivity contribution in [1.29, 1.82) is 5.26 Å². The summed E-state index contributed by atoms with van der Waals surface area (Å²) in [5, 5.41) is 9.19. The fourth-order valence-corrected chi connectivity index (χ4v) is 3.06. The lowest BCUT2D eigenvalue weighted by molar-refractivity contribution is 0.306. The van der Waals surface area contributed by atoms with Crippen molar-refractivity contribution in [1.82, 2.24) is 15.0 Å². The zero-order valence-electron chi connectivity index (χ0n) is 15.7. The van der Waals surface area contributed by atoms with E-state index in [2.05, 4.69) is 21.0 Å². The Morgan fingerprint density at radius 2 is 1.93 bits per heavy atom. The van der Waals surface area contributed by atoms with Crippen molar-refractivity contribution in [2.24, 2.45) is 0 Å². The van der Waals surface area contributed by atoms with Gasteiger partial charge in [-0.15, -0.1) is 0 Å². The Bertz CT molecular complexity index is 1200. The Morgan fingerprint density at radius 3 is 2.72 bits per heavy atom. The second-order valence-electron chi connectivity index (χ2n) is 6.50. The number of nitrogens with one attached hydrogen (secondary N) is 1. The van der Waals surface area contributed by atoms with Gasteiger partial charge in [0.05, 0.1) is 23.0 Å². The third kappa shape index (κ3) is 3.99. The number of imidazole rings is 1. The van der Waals surface area contributed by atoms with E-state index in [4.69, 9.17) is 4.74 Å². The molecule has 0 radical (unpaired) electrons. The van der Waals surface area contributed by atoms with E-state index in [0.717, 1.165) is 5.56 Å². The van der Waals surface area contributed by atoms with Crippen LogP contribution in [-0.2, 0) is 6.61 Å². The Balaban J connectivity index is 1.76. The molecule has 0 aliphatic carbocycles. The van der Waals surface area contributed by atoms with Crippen LogP contribution in [0.3, 0.4) is 0 Å². The van der Waals surface area contributed by atoms with Crippen LogP contribution in [0, 0.1) is 24.1 Å². The van der Waals surface area contributed by atoms with Crippen LogP contribution in [0.2, 0.25) is 0 Å². The smallest absolute Gasteiger partial charge is 0.132 e. The molecule has 0 unspecified atom stereocenters. The molecule has 2 heterocycles. The van der Waals surface area contributed by atoms with Crippen LogP contribution in [0.1, 0.15) is 17.0 Å². The molecule has 4 aromatic rings. The zero-order valence-corrected chi connectivity index (χ0v) is 15.7. The fourth-order valence-electron chi connectivity index (χ4n) is 3.06. The van der Waals surface area contributed by atoms with Gasteiger partial charge in [0.2, 0.25) is 0 Å². The molecule has 1 N–H and O–H groups in total. The number of hydrogen-bond acceptors (Lipinski definition) is 4. The highest BCUT2D eigenvalue weighted by Crippen LogP contribution is 2.36. The molecular weight excluding hydrogens is 367 g/mol. The number of nitriles is 1. The van der Waals surface area contributed by atoms with E-state index in [0.29, 0.717) is 46.4 Å². The number of ether oxygens (including phenoxy) is 1. The van der Waals surface area contributed by atoms with E-state index in [9.17, 15) is 9.65 Å². The maximum atomic E-state index is 14.0. The standard InChI is InChI=1S/C23H17FN4O/c1-15-27-22(23(28-15)20-11-17(13-25)9-10-26-20)19-8-7-18(24)12-21(19)29-14-16-5-3-2-4-6-16/h2-12H,14H2,1H3,(H,27,28). The van der Waals surface area contributed by atoms with E-state index in [-0.39, 0.29) is 0 Å². The summed E-state index contributed by atoms with van der Waals surface area (Å²) in [6, 6.07) is 19.5. The minimum atomic E-state index is -0.393. The molecule has 0 spiro atoms. The highest BCUT2D eigenvalue weighted by atomic mass is 19.1. The van der Waals surface area contributed by atoms with E-state index >= 15 is 0 Å². The quantitative estimate of drug-likeness (QED) is 0.523. The summed E-state index contributed by atoms with van der Waals surface area (Å²) in [7, 11) is 0. The van der Waals surface area contributed by atoms with Gasteiger partial charge in [-0.2, -0.15) is 5.26 Å². The molecule has 0 bridgehead atoms. The molecule has 6 heteroatoms. The molecule has 0 saturated heterocycles. The minimum absolute atomic E-state index is 0.304. The van der Waals surface area contributed by atoms with Crippen LogP contribution in [0.5, 0.6) is 5.75 Å². The largest absolute Gasteiger partial charge is 0.488 e. The lowest BCUT2D eigenvalue weighted by Gasteiger charge is -2.12. The Hall–Kier alpha value is -3.98. The van der Waals surface area contributed by atoms with Gasteiger partial charge in [-0.3, -0.25) is 4.98 Å². The number of benzene rings is 2. The van der Waals surface area contributed by atoms with Crippen LogP contribution >= 0.6 is 0 Å². The molecule has 2 aromatic heterocycles. The van der Waals surface area contributed by atoms with Gasteiger partial charge in [-0.25, -0.2) is 9.37 Å². The molecule has 0 fully saturated rings. The first-order valence-electron chi connectivity index (χ1n) is 9.04. The van der Waals surface area contributed by atoms with Crippen LogP contribution in [0.4, 0.5) is 4.39 Å². The van der Waals surface area contributed by atoms with Gasteiger partial charge < -0.3 is 9.72 Å². The summed E-state index contributed by atoms with van der Waals surface area (Å²) in [5.74, 6) is 0.672. The zero-order chi connectivity index (χ0) is 20.2.